The fourth-order valence-electron chi connectivity index (χ4n) is 9.10. The highest BCUT2D eigenvalue weighted by molar-refractivity contribution is 7.99. The first-order chi connectivity index (χ1) is 15.9. The second-order valence-electron chi connectivity index (χ2n) is 12.4. The van der Waals surface area contributed by atoms with Crippen LogP contribution in [0.25, 0.3) is 0 Å². The average Bonchev–Trinajstić information content (AvgIpc) is 3.55. The van der Waals surface area contributed by atoms with Crippen molar-refractivity contribution >= 4 is 11.8 Å². The van der Waals surface area contributed by atoms with Gasteiger partial charge in [-0.15, -0.1) is 0 Å². The molecule has 1 aromatic rings. The van der Waals surface area contributed by atoms with Gasteiger partial charge in [-0.25, -0.2) is 0 Å². The van der Waals surface area contributed by atoms with Crippen LogP contribution in [0.15, 0.2) is 34.7 Å². The van der Waals surface area contributed by atoms with Gasteiger partial charge in [0, 0.05) is 23.0 Å². The lowest BCUT2D eigenvalue weighted by Crippen LogP contribution is -2.60. The zero-order chi connectivity index (χ0) is 22.7. The summed E-state index contributed by atoms with van der Waals surface area (Å²) in [5.41, 5.74) is 2.79. The Hall–Kier alpha value is -0.710. The number of aliphatic hydroxyl groups is 1. The molecule has 33 heavy (non-hydrogen) atoms. The molecule has 1 aliphatic heterocycles. The molecule has 3 nitrogen and oxygen atoms in total. The van der Waals surface area contributed by atoms with Crippen LogP contribution in [-0.4, -0.2) is 46.2 Å². The smallest absolute Gasteiger partial charge is 0.0937 e. The molecule has 2 heterocycles. The fourth-order valence-corrected chi connectivity index (χ4v) is 10.4. The van der Waals surface area contributed by atoms with E-state index in [1.807, 2.05) is 6.26 Å². The second kappa shape index (κ2) is 8.45. The third kappa shape index (κ3) is 3.52. The molecule has 7 atom stereocenters. The van der Waals surface area contributed by atoms with Crippen LogP contribution in [0.4, 0.5) is 0 Å². The molecular formula is C29H43NO2S. The SMILES string of the molecule is C[C@]12CC[C@H](SCCN3CCCC3)CC1=CC[C@@H]1[C@@H]2CC[C@]2(C)[C@@H](c3ccoc3)CC[C@]12O. The number of hydrogen-bond acceptors (Lipinski definition) is 4. The van der Waals surface area contributed by atoms with Gasteiger partial charge < -0.3 is 14.4 Å². The van der Waals surface area contributed by atoms with Crippen molar-refractivity contribution in [3.8, 4) is 0 Å². The van der Waals surface area contributed by atoms with Crippen molar-refractivity contribution in [1.29, 1.82) is 0 Å². The Bertz CT molecular complexity index is 876. The predicted octanol–water partition coefficient (Wildman–Crippen LogP) is 6.64. The molecule has 4 fully saturated rings. The van der Waals surface area contributed by atoms with Crippen molar-refractivity contribution in [3.05, 3.63) is 35.8 Å². The summed E-state index contributed by atoms with van der Waals surface area (Å²) in [6.45, 7) is 8.88. The van der Waals surface area contributed by atoms with E-state index in [2.05, 4.69) is 42.7 Å². The lowest BCUT2D eigenvalue weighted by atomic mass is 9.45. The molecule has 1 saturated heterocycles. The Balaban J connectivity index is 1.17. The summed E-state index contributed by atoms with van der Waals surface area (Å²) in [4.78, 5) is 2.66. The molecule has 1 aromatic heterocycles. The molecule has 4 aliphatic carbocycles. The van der Waals surface area contributed by atoms with E-state index >= 15 is 0 Å². The lowest BCUT2D eigenvalue weighted by molar-refractivity contribution is -0.171. The van der Waals surface area contributed by atoms with Gasteiger partial charge in [-0.2, -0.15) is 11.8 Å². The molecule has 0 bridgehead atoms. The van der Waals surface area contributed by atoms with Crippen molar-refractivity contribution in [1.82, 2.24) is 4.90 Å². The third-order valence-electron chi connectivity index (χ3n) is 11.2. The van der Waals surface area contributed by atoms with Crippen LogP contribution in [0.3, 0.4) is 0 Å². The second-order valence-corrected chi connectivity index (χ2v) is 13.8. The number of rotatable bonds is 5. The molecular weight excluding hydrogens is 426 g/mol. The van der Waals surface area contributed by atoms with Crippen LogP contribution < -0.4 is 0 Å². The summed E-state index contributed by atoms with van der Waals surface area (Å²) in [7, 11) is 0. The maximum Gasteiger partial charge on any atom is 0.0937 e. The maximum atomic E-state index is 12.3. The summed E-state index contributed by atoms with van der Waals surface area (Å²) < 4.78 is 5.45. The van der Waals surface area contributed by atoms with E-state index < -0.39 is 5.60 Å². The van der Waals surface area contributed by atoms with Crippen molar-refractivity contribution in [2.45, 2.75) is 94.8 Å². The first-order valence-corrected chi connectivity index (χ1v) is 14.8. The van der Waals surface area contributed by atoms with E-state index in [4.69, 9.17) is 4.42 Å². The zero-order valence-corrected chi connectivity index (χ0v) is 21.5. The molecule has 0 aromatic carbocycles. The predicted molar refractivity (Wildman–Crippen MR) is 137 cm³/mol. The van der Waals surface area contributed by atoms with Gasteiger partial charge in [0.05, 0.1) is 18.1 Å². The van der Waals surface area contributed by atoms with Gasteiger partial charge in [-0.05, 0) is 112 Å². The normalized spacial score (nSPS) is 45.4. The number of likely N-dealkylation sites (tertiary alicyclic amines) is 1. The molecule has 0 spiro atoms. The minimum atomic E-state index is -0.537. The van der Waals surface area contributed by atoms with Gasteiger partial charge in [0.1, 0.15) is 0 Å². The van der Waals surface area contributed by atoms with Crippen molar-refractivity contribution < 1.29 is 9.52 Å². The van der Waals surface area contributed by atoms with Crippen molar-refractivity contribution in [2.24, 2.45) is 22.7 Å². The minimum Gasteiger partial charge on any atom is -0.472 e. The maximum absolute atomic E-state index is 12.3. The Kier molecular flexibility index (Phi) is 5.82. The molecule has 5 aliphatic rings. The van der Waals surface area contributed by atoms with Crippen LogP contribution >= 0.6 is 11.8 Å². The Morgan fingerprint density at radius 2 is 1.94 bits per heavy atom. The largest absolute Gasteiger partial charge is 0.472 e. The monoisotopic (exact) mass is 469 g/mol. The molecule has 0 amide bonds. The standard InChI is InChI=1S/C29H43NO2S/c1-27-11-7-23(33-18-16-30-14-3-4-15-30)19-22(27)5-6-26-25(27)8-12-28(2)24(9-13-29(26,28)31)21-10-17-32-20-21/h5,10,17,20,23-26,31H,3-4,6-9,11-16,18-19H2,1-2H3/t23-,24+,25-,26+,27-,28+,29-/m0/s1. The van der Waals surface area contributed by atoms with Crippen LogP contribution in [0.5, 0.6) is 0 Å². The van der Waals surface area contributed by atoms with E-state index in [0.29, 0.717) is 23.2 Å². The Labute approximate surface area is 204 Å². The van der Waals surface area contributed by atoms with Gasteiger partial charge >= 0.3 is 0 Å². The summed E-state index contributed by atoms with van der Waals surface area (Å²) in [6, 6.07) is 2.14. The molecule has 6 rings (SSSR count). The van der Waals surface area contributed by atoms with Gasteiger partial charge in [0.2, 0.25) is 0 Å². The third-order valence-corrected chi connectivity index (χ3v) is 12.4. The number of fused-ring (bicyclic) bond motifs is 5. The van der Waals surface area contributed by atoms with Crippen LogP contribution in [0.1, 0.15) is 89.5 Å². The van der Waals surface area contributed by atoms with E-state index in [1.165, 1.54) is 69.5 Å². The summed E-state index contributed by atoms with van der Waals surface area (Å²) in [5.74, 6) is 2.80. The van der Waals surface area contributed by atoms with Crippen LogP contribution in [0, 0.1) is 22.7 Å². The molecule has 0 unspecified atom stereocenters. The number of nitrogens with zero attached hydrogens (tertiary/aromatic N) is 1. The van der Waals surface area contributed by atoms with Gasteiger partial charge in [0.15, 0.2) is 0 Å². The Morgan fingerprint density at radius 3 is 2.73 bits per heavy atom. The van der Waals surface area contributed by atoms with Crippen molar-refractivity contribution in [2.75, 3.05) is 25.4 Å². The van der Waals surface area contributed by atoms with Crippen LogP contribution in [0.2, 0.25) is 0 Å². The highest BCUT2D eigenvalue weighted by atomic mass is 32.2. The molecule has 0 radical (unpaired) electrons. The summed E-state index contributed by atoms with van der Waals surface area (Å²) >= 11 is 2.24. The van der Waals surface area contributed by atoms with Gasteiger partial charge in [-0.1, -0.05) is 25.5 Å². The summed E-state index contributed by atoms with van der Waals surface area (Å²) in [6.07, 6.45) is 18.7. The minimum absolute atomic E-state index is 0.0254. The highest BCUT2D eigenvalue weighted by Crippen LogP contribution is 2.69. The van der Waals surface area contributed by atoms with E-state index in [9.17, 15) is 5.11 Å². The average molecular weight is 470 g/mol. The van der Waals surface area contributed by atoms with E-state index in [0.717, 1.165) is 30.9 Å². The number of thioether (sulfide) groups is 1. The highest BCUT2D eigenvalue weighted by Gasteiger charge is 2.66. The fraction of sp³-hybridized carbons (Fsp3) is 0.793. The first kappa shape index (κ1) is 22.7. The summed E-state index contributed by atoms with van der Waals surface area (Å²) in [5, 5.41) is 13.1. The molecule has 182 valence electrons. The Morgan fingerprint density at radius 1 is 1.09 bits per heavy atom. The number of furan rings is 1. The first-order valence-electron chi connectivity index (χ1n) is 13.7. The molecule has 1 N–H and O–H groups in total. The van der Waals surface area contributed by atoms with E-state index in [1.54, 1.807) is 11.8 Å². The van der Waals surface area contributed by atoms with Gasteiger partial charge in [-0.3, -0.25) is 0 Å². The number of allylic oxidation sites excluding steroid dienone is 2. The van der Waals surface area contributed by atoms with Crippen LogP contribution in [-0.2, 0) is 0 Å². The number of hydrogen-bond donors (Lipinski definition) is 1. The van der Waals surface area contributed by atoms with Crippen molar-refractivity contribution in [3.63, 3.8) is 0 Å². The topological polar surface area (TPSA) is 36.6 Å². The zero-order valence-electron chi connectivity index (χ0n) is 20.7. The molecule has 3 saturated carbocycles. The van der Waals surface area contributed by atoms with Gasteiger partial charge in [0.25, 0.3) is 0 Å². The van der Waals surface area contributed by atoms with E-state index in [-0.39, 0.29) is 5.41 Å². The lowest BCUT2D eigenvalue weighted by Gasteiger charge is -2.61. The quantitative estimate of drug-likeness (QED) is 0.491. The molecule has 4 heteroatoms.